The molecule has 0 bridgehead atoms. The Morgan fingerprint density at radius 3 is 2.64 bits per heavy atom. The zero-order chi connectivity index (χ0) is 16.1. The zero-order valence-electron chi connectivity index (χ0n) is 12.5. The van der Waals surface area contributed by atoms with Crippen LogP contribution >= 0.6 is 11.8 Å². The maximum absolute atomic E-state index is 12.1. The summed E-state index contributed by atoms with van der Waals surface area (Å²) in [6.45, 7) is 4.07. The van der Waals surface area contributed by atoms with Crippen LogP contribution in [0.5, 0.6) is 5.75 Å². The monoisotopic (exact) mass is 315 g/mol. The lowest BCUT2D eigenvalue weighted by atomic mass is 10.2. The van der Waals surface area contributed by atoms with Crippen LogP contribution in [0, 0.1) is 12.3 Å². The fourth-order valence-corrected chi connectivity index (χ4v) is 2.68. The predicted octanol–water partition coefficient (Wildman–Crippen LogP) is 3.53. The van der Waals surface area contributed by atoms with Gasteiger partial charge in [-0.25, -0.2) is 0 Å². The second-order valence-corrected chi connectivity index (χ2v) is 5.87. The van der Waals surface area contributed by atoms with Crippen molar-refractivity contribution in [3.05, 3.63) is 34.7 Å². The molecule has 114 valence electrons. The van der Waals surface area contributed by atoms with E-state index in [1.165, 1.54) is 0 Å². The Labute approximate surface area is 134 Å². The first-order valence-corrected chi connectivity index (χ1v) is 7.82. The highest BCUT2D eigenvalue weighted by atomic mass is 32.2. The maximum atomic E-state index is 12.1. The third-order valence-corrected chi connectivity index (χ3v) is 4.12. The summed E-state index contributed by atoms with van der Waals surface area (Å²) in [6, 6.07) is 7.41. The van der Waals surface area contributed by atoms with Gasteiger partial charge in [-0.1, -0.05) is 25.0 Å². The summed E-state index contributed by atoms with van der Waals surface area (Å²) in [5.41, 5.74) is 0.836. The standard InChI is InChI=1S/C17H17NO3S/c1-4-10-18-16(19)15(22-17(18)20)11-13-6-8-14(9-7-13)21-12(3)5-2/h1,6-9,11-12H,5,10H2,2-3H3/b15-11-. The van der Waals surface area contributed by atoms with Crippen LogP contribution in [-0.2, 0) is 4.79 Å². The Morgan fingerprint density at radius 2 is 2.05 bits per heavy atom. The quantitative estimate of drug-likeness (QED) is 0.616. The molecule has 4 nitrogen and oxygen atoms in total. The van der Waals surface area contributed by atoms with Crippen LogP contribution in [0.2, 0.25) is 0 Å². The van der Waals surface area contributed by atoms with E-state index in [-0.39, 0.29) is 23.8 Å². The number of carbonyl (C=O) groups excluding carboxylic acids is 2. The minimum Gasteiger partial charge on any atom is -0.491 e. The second kappa shape index (κ2) is 7.19. The number of thioether (sulfide) groups is 1. The average molecular weight is 315 g/mol. The highest BCUT2D eigenvalue weighted by molar-refractivity contribution is 8.18. The number of hydrogen-bond acceptors (Lipinski definition) is 4. The van der Waals surface area contributed by atoms with Gasteiger partial charge < -0.3 is 4.74 Å². The molecule has 2 amide bonds. The topological polar surface area (TPSA) is 46.6 Å². The number of hydrogen-bond donors (Lipinski definition) is 0. The molecule has 0 aliphatic carbocycles. The second-order valence-electron chi connectivity index (χ2n) is 4.88. The summed E-state index contributed by atoms with van der Waals surface area (Å²) in [6.07, 6.45) is 7.94. The molecule has 1 aromatic rings. The molecule has 1 fully saturated rings. The smallest absolute Gasteiger partial charge is 0.294 e. The van der Waals surface area contributed by atoms with Gasteiger partial charge in [0.1, 0.15) is 5.75 Å². The van der Waals surface area contributed by atoms with Crippen LogP contribution in [0.3, 0.4) is 0 Å². The van der Waals surface area contributed by atoms with E-state index in [0.717, 1.165) is 34.4 Å². The molecule has 1 aromatic carbocycles. The number of rotatable bonds is 5. The third-order valence-electron chi connectivity index (χ3n) is 3.21. The van der Waals surface area contributed by atoms with Crippen molar-refractivity contribution in [2.75, 3.05) is 6.54 Å². The average Bonchev–Trinajstić information content (AvgIpc) is 2.77. The van der Waals surface area contributed by atoms with Crippen LogP contribution in [0.4, 0.5) is 4.79 Å². The first-order chi connectivity index (χ1) is 10.5. The summed E-state index contributed by atoms with van der Waals surface area (Å²) in [4.78, 5) is 25.2. The van der Waals surface area contributed by atoms with Crippen molar-refractivity contribution in [2.45, 2.75) is 26.4 Å². The summed E-state index contributed by atoms with van der Waals surface area (Å²) in [5, 5.41) is -0.328. The largest absolute Gasteiger partial charge is 0.491 e. The van der Waals surface area contributed by atoms with Crippen molar-refractivity contribution in [3.8, 4) is 18.1 Å². The fraction of sp³-hybridized carbons (Fsp3) is 0.294. The number of nitrogens with zero attached hydrogens (tertiary/aromatic N) is 1. The molecule has 0 aromatic heterocycles. The summed E-state index contributed by atoms with van der Waals surface area (Å²) >= 11 is 0.907. The Bertz CT molecular complexity index is 643. The van der Waals surface area contributed by atoms with Gasteiger partial charge in [0.15, 0.2) is 0 Å². The Morgan fingerprint density at radius 1 is 1.36 bits per heavy atom. The minimum atomic E-state index is -0.340. The molecule has 22 heavy (non-hydrogen) atoms. The van der Waals surface area contributed by atoms with Crippen molar-refractivity contribution in [3.63, 3.8) is 0 Å². The molecule has 0 spiro atoms. The summed E-state index contributed by atoms with van der Waals surface area (Å²) in [5.74, 6) is 2.76. The van der Waals surface area contributed by atoms with Crippen molar-refractivity contribution in [1.82, 2.24) is 4.90 Å². The van der Waals surface area contributed by atoms with Gasteiger partial charge in [0.25, 0.3) is 11.1 Å². The van der Waals surface area contributed by atoms with Crippen molar-refractivity contribution in [1.29, 1.82) is 0 Å². The van der Waals surface area contributed by atoms with Gasteiger partial charge in [-0.15, -0.1) is 6.42 Å². The lowest BCUT2D eigenvalue weighted by Gasteiger charge is -2.12. The molecule has 0 N–H and O–H groups in total. The Kier molecular flexibility index (Phi) is 5.29. The van der Waals surface area contributed by atoms with Gasteiger partial charge in [-0.2, -0.15) is 0 Å². The number of amides is 2. The maximum Gasteiger partial charge on any atom is 0.294 e. The number of benzene rings is 1. The van der Waals surface area contributed by atoms with Gasteiger partial charge in [-0.3, -0.25) is 14.5 Å². The number of carbonyl (C=O) groups is 2. The van der Waals surface area contributed by atoms with E-state index >= 15 is 0 Å². The van der Waals surface area contributed by atoms with Crippen molar-refractivity contribution < 1.29 is 14.3 Å². The van der Waals surface area contributed by atoms with Crippen LogP contribution in [0.25, 0.3) is 6.08 Å². The number of terminal acetylenes is 1. The van der Waals surface area contributed by atoms with Crippen molar-refractivity contribution >= 4 is 29.0 Å². The fourth-order valence-electron chi connectivity index (χ4n) is 1.84. The number of ether oxygens (including phenoxy) is 1. The van der Waals surface area contributed by atoms with Gasteiger partial charge in [0.05, 0.1) is 17.6 Å². The molecule has 1 unspecified atom stereocenters. The number of imide groups is 1. The molecule has 1 aliphatic heterocycles. The van der Waals surface area contributed by atoms with Crippen molar-refractivity contribution in [2.24, 2.45) is 0 Å². The predicted molar refractivity (Wildman–Crippen MR) is 88.3 cm³/mol. The van der Waals surface area contributed by atoms with Crippen LogP contribution in [0.1, 0.15) is 25.8 Å². The van der Waals surface area contributed by atoms with E-state index in [4.69, 9.17) is 11.2 Å². The van der Waals surface area contributed by atoms with Crippen LogP contribution in [0.15, 0.2) is 29.2 Å². The SMILES string of the molecule is C#CCN1C(=O)S/C(=C\c2ccc(OC(C)CC)cc2)C1=O. The minimum absolute atomic E-state index is 0.00366. The van der Waals surface area contributed by atoms with Gasteiger partial charge >= 0.3 is 0 Å². The Balaban J connectivity index is 2.12. The van der Waals surface area contributed by atoms with Gasteiger partial charge in [0.2, 0.25) is 0 Å². The molecular weight excluding hydrogens is 298 g/mol. The van der Waals surface area contributed by atoms with E-state index in [9.17, 15) is 9.59 Å². The lowest BCUT2D eigenvalue weighted by molar-refractivity contribution is -0.122. The first kappa shape index (κ1) is 16.2. The molecule has 5 heteroatoms. The van der Waals surface area contributed by atoms with E-state index in [1.807, 2.05) is 31.2 Å². The van der Waals surface area contributed by atoms with E-state index in [1.54, 1.807) is 6.08 Å². The molecule has 0 saturated carbocycles. The molecule has 1 saturated heterocycles. The summed E-state index contributed by atoms with van der Waals surface area (Å²) < 4.78 is 5.70. The van der Waals surface area contributed by atoms with E-state index in [2.05, 4.69) is 12.8 Å². The van der Waals surface area contributed by atoms with Gasteiger partial charge in [-0.05, 0) is 48.9 Å². The first-order valence-electron chi connectivity index (χ1n) is 7.00. The van der Waals surface area contributed by atoms with Crippen LogP contribution in [-0.4, -0.2) is 28.7 Å². The lowest BCUT2D eigenvalue weighted by Crippen LogP contribution is -2.28. The molecule has 1 aliphatic rings. The van der Waals surface area contributed by atoms with E-state index in [0.29, 0.717) is 4.91 Å². The normalized spacial score (nSPS) is 17.7. The van der Waals surface area contributed by atoms with Crippen LogP contribution < -0.4 is 4.74 Å². The molecule has 1 atom stereocenters. The van der Waals surface area contributed by atoms with E-state index < -0.39 is 0 Å². The molecule has 0 radical (unpaired) electrons. The zero-order valence-corrected chi connectivity index (χ0v) is 13.4. The van der Waals surface area contributed by atoms with Gasteiger partial charge in [0, 0.05) is 0 Å². The highest BCUT2D eigenvalue weighted by Gasteiger charge is 2.34. The molecular formula is C17H17NO3S. The molecule has 2 rings (SSSR count). The summed E-state index contributed by atoms with van der Waals surface area (Å²) in [7, 11) is 0. The molecule has 1 heterocycles. The third kappa shape index (κ3) is 3.71. The Hall–Kier alpha value is -2.19. The highest BCUT2D eigenvalue weighted by Crippen LogP contribution is 2.32.